The molecule has 0 aliphatic heterocycles. The Hall–Kier alpha value is -2.19. The van der Waals surface area contributed by atoms with Crippen molar-refractivity contribution in [1.82, 2.24) is 4.72 Å². The number of hydrogen-bond acceptors (Lipinski definition) is 4. The Kier molecular flexibility index (Phi) is 5.40. The average Bonchev–Trinajstić information content (AvgIpc) is 2.55. The van der Waals surface area contributed by atoms with Gasteiger partial charge < -0.3 is 9.47 Å². The van der Waals surface area contributed by atoms with E-state index in [1.165, 1.54) is 14.2 Å². The third-order valence-corrected chi connectivity index (χ3v) is 4.98. The van der Waals surface area contributed by atoms with E-state index in [9.17, 15) is 17.2 Å². The van der Waals surface area contributed by atoms with Gasteiger partial charge in [-0.3, -0.25) is 0 Å². The molecule has 0 aliphatic rings. The predicted molar refractivity (Wildman–Crippen MR) is 84.6 cm³/mol. The molecule has 2 rings (SSSR count). The molecule has 0 spiro atoms. The van der Waals surface area contributed by atoms with Gasteiger partial charge in [0.2, 0.25) is 10.0 Å². The van der Waals surface area contributed by atoms with Crippen molar-refractivity contribution in [2.45, 2.75) is 17.9 Å². The third kappa shape index (κ3) is 3.82. The van der Waals surface area contributed by atoms with Crippen molar-refractivity contribution in [1.29, 1.82) is 0 Å². The zero-order valence-electron chi connectivity index (χ0n) is 13.3. The molecule has 0 amide bonds. The maximum absolute atomic E-state index is 13.7. The van der Waals surface area contributed by atoms with Gasteiger partial charge >= 0.3 is 0 Å². The molecule has 0 radical (unpaired) electrons. The van der Waals surface area contributed by atoms with Gasteiger partial charge in [0.1, 0.15) is 16.5 Å². The molecule has 8 heteroatoms. The smallest absolute Gasteiger partial charge is 0.244 e. The minimum atomic E-state index is -4.23. The molecule has 0 fully saturated rings. The van der Waals surface area contributed by atoms with Crippen LogP contribution in [0, 0.1) is 11.6 Å². The highest BCUT2D eigenvalue weighted by Gasteiger charge is 2.23. The summed E-state index contributed by atoms with van der Waals surface area (Å²) in [6.07, 6.45) is 0. The van der Waals surface area contributed by atoms with Crippen molar-refractivity contribution in [2.24, 2.45) is 0 Å². The highest BCUT2D eigenvalue weighted by atomic mass is 32.2. The Bertz CT molecular complexity index is 840. The summed E-state index contributed by atoms with van der Waals surface area (Å²) >= 11 is 0. The molecule has 130 valence electrons. The number of nitrogens with one attached hydrogen (secondary N) is 1. The summed E-state index contributed by atoms with van der Waals surface area (Å²) < 4.78 is 64.1. The first-order chi connectivity index (χ1) is 11.3. The Labute approximate surface area is 139 Å². The fraction of sp³-hybridized carbons (Fsp3) is 0.250. The van der Waals surface area contributed by atoms with E-state index < -0.39 is 32.6 Å². The number of benzene rings is 2. The highest BCUT2D eigenvalue weighted by Crippen LogP contribution is 2.30. The first-order valence-corrected chi connectivity index (χ1v) is 8.46. The summed E-state index contributed by atoms with van der Waals surface area (Å²) in [5.74, 6) is -0.940. The molecule has 2 aromatic carbocycles. The monoisotopic (exact) mass is 357 g/mol. The maximum atomic E-state index is 13.7. The molecule has 1 N–H and O–H groups in total. The number of halogens is 2. The summed E-state index contributed by atoms with van der Waals surface area (Å²) in [6, 6.07) is 6.44. The highest BCUT2D eigenvalue weighted by molar-refractivity contribution is 7.89. The molecule has 24 heavy (non-hydrogen) atoms. The summed E-state index contributed by atoms with van der Waals surface area (Å²) in [5.41, 5.74) is 0.577. The lowest BCUT2D eigenvalue weighted by Gasteiger charge is -2.17. The van der Waals surface area contributed by atoms with Crippen LogP contribution in [-0.2, 0) is 10.0 Å². The molecule has 0 heterocycles. The van der Waals surface area contributed by atoms with Crippen molar-refractivity contribution in [3.8, 4) is 11.5 Å². The Morgan fingerprint density at radius 3 is 2.29 bits per heavy atom. The van der Waals surface area contributed by atoms with E-state index in [1.807, 2.05) is 0 Å². The first-order valence-electron chi connectivity index (χ1n) is 6.98. The predicted octanol–water partition coefficient (Wildman–Crippen LogP) is 3.02. The van der Waals surface area contributed by atoms with Gasteiger partial charge in [-0.15, -0.1) is 0 Å². The first kappa shape index (κ1) is 18.2. The number of hydrogen-bond donors (Lipinski definition) is 1. The van der Waals surface area contributed by atoms with Crippen LogP contribution in [0.1, 0.15) is 18.5 Å². The molecule has 2 aromatic rings. The summed E-state index contributed by atoms with van der Waals surface area (Å²) in [6.45, 7) is 1.58. The van der Waals surface area contributed by atoms with E-state index in [4.69, 9.17) is 9.47 Å². The molecule has 0 aromatic heterocycles. The zero-order valence-corrected chi connectivity index (χ0v) is 14.2. The average molecular weight is 357 g/mol. The van der Waals surface area contributed by atoms with Crippen LogP contribution in [0.2, 0.25) is 0 Å². The Balaban J connectivity index is 2.31. The largest absolute Gasteiger partial charge is 0.493 e. The van der Waals surface area contributed by atoms with Gasteiger partial charge in [0.25, 0.3) is 0 Å². The van der Waals surface area contributed by atoms with Gasteiger partial charge in [-0.1, -0.05) is 6.07 Å². The fourth-order valence-corrected chi connectivity index (χ4v) is 3.49. The maximum Gasteiger partial charge on any atom is 0.244 e. The normalized spacial score (nSPS) is 12.7. The molecular formula is C16H17F2NO4S. The fourth-order valence-electron chi connectivity index (χ4n) is 2.17. The van der Waals surface area contributed by atoms with Crippen LogP contribution in [0.4, 0.5) is 8.78 Å². The van der Waals surface area contributed by atoms with Crippen LogP contribution in [0.5, 0.6) is 11.5 Å². The van der Waals surface area contributed by atoms with Crippen molar-refractivity contribution in [3.63, 3.8) is 0 Å². The molecule has 0 saturated carbocycles. The van der Waals surface area contributed by atoms with Crippen molar-refractivity contribution in [3.05, 3.63) is 53.6 Å². The topological polar surface area (TPSA) is 64.6 Å². The van der Waals surface area contributed by atoms with Gasteiger partial charge in [-0.2, -0.15) is 0 Å². The lowest BCUT2D eigenvalue weighted by Crippen LogP contribution is -2.27. The van der Waals surface area contributed by atoms with Gasteiger partial charge in [0.05, 0.1) is 14.2 Å². The second-order valence-electron chi connectivity index (χ2n) is 5.03. The molecule has 5 nitrogen and oxygen atoms in total. The standard InChI is InChI=1S/C16H17F2NO4S/c1-10(11-4-7-14(22-2)15(8-11)23-3)19-24(20,21)16-9-12(17)5-6-13(16)18/h4-10,19H,1-3H3/t10-/m0/s1. The van der Waals surface area contributed by atoms with E-state index >= 15 is 0 Å². The zero-order chi connectivity index (χ0) is 17.9. The van der Waals surface area contributed by atoms with Crippen LogP contribution in [0.25, 0.3) is 0 Å². The lowest BCUT2D eigenvalue weighted by molar-refractivity contribution is 0.354. The molecule has 0 aliphatic carbocycles. The number of methoxy groups -OCH3 is 2. The summed E-state index contributed by atoms with van der Waals surface area (Å²) in [7, 11) is -1.29. The Morgan fingerprint density at radius 2 is 1.67 bits per heavy atom. The molecule has 0 unspecified atom stereocenters. The van der Waals surface area contributed by atoms with Gasteiger partial charge in [0, 0.05) is 6.04 Å². The van der Waals surface area contributed by atoms with E-state index in [2.05, 4.69) is 4.72 Å². The van der Waals surface area contributed by atoms with E-state index in [0.29, 0.717) is 23.1 Å². The van der Waals surface area contributed by atoms with Crippen LogP contribution >= 0.6 is 0 Å². The second kappa shape index (κ2) is 7.14. The lowest BCUT2D eigenvalue weighted by atomic mass is 10.1. The molecule has 1 atom stereocenters. The quantitative estimate of drug-likeness (QED) is 0.863. The van der Waals surface area contributed by atoms with Gasteiger partial charge in [0.15, 0.2) is 11.5 Å². The van der Waals surface area contributed by atoms with Crippen LogP contribution in [0.15, 0.2) is 41.3 Å². The van der Waals surface area contributed by atoms with Gasteiger partial charge in [-0.25, -0.2) is 21.9 Å². The Morgan fingerprint density at radius 1 is 1.00 bits per heavy atom. The molecule has 0 saturated heterocycles. The van der Waals surface area contributed by atoms with Crippen molar-refractivity contribution in [2.75, 3.05) is 14.2 Å². The molecule has 0 bridgehead atoms. The van der Waals surface area contributed by atoms with Crippen LogP contribution < -0.4 is 14.2 Å². The second-order valence-corrected chi connectivity index (χ2v) is 6.71. The van der Waals surface area contributed by atoms with E-state index in [0.717, 1.165) is 12.1 Å². The van der Waals surface area contributed by atoms with Crippen LogP contribution in [0.3, 0.4) is 0 Å². The number of rotatable bonds is 6. The van der Waals surface area contributed by atoms with Crippen molar-refractivity contribution < 1.29 is 26.7 Å². The summed E-state index contributed by atoms with van der Waals surface area (Å²) in [4.78, 5) is -0.741. The SMILES string of the molecule is COc1ccc([C@H](C)NS(=O)(=O)c2cc(F)ccc2F)cc1OC. The van der Waals surface area contributed by atoms with E-state index in [-0.39, 0.29) is 0 Å². The van der Waals surface area contributed by atoms with Gasteiger partial charge in [-0.05, 0) is 42.8 Å². The number of ether oxygens (including phenoxy) is 2. The number of sulfonamides is 1. The molecular weight excluding hydrogens is 340 g/mol. The van der Waals surface area contributed by atoms with Crippen LogP contribution in [-0.4, -0.2) is 22.6 Å². The third-order valence-electron chi connectivity index (χ3n) is 3.42. The van der Waals surface area contributed by atoms with Crippen molar-refractivity contribution >= 4 is 10.0 Å². The van der Waals surface area contributed by atoms with E-state index in [1.54, 1.807) is 25.1 Å². The minimum Gasteiger partial charge on any atom is -0.493 e. The summed E-state index contributed by atoms with van der Waals surface area (Å²) in [5, 5.41) is 0. The minimum absolute atomic E-state index is 0.429.